The maximum absolute atomic E-state index is 12.7. The van der Waals surface area contributed by atoms with Crippen molar-refractivity contribution in [3.63, 3.8) is 0 Å². The Hall–Kier alpha value is -2.67. The van der Waals surface area contributed by atoms with E-state index >= 15 is 0 Å². The van der Waals surface area contributed by atoms with E-state index in [1.54, 1.807) is 49.4 Å². The van der Waals surface area contributed by atoms with E-state index in [0.717, 1.165) is 0 Å². The highest BCUT2D eigenvalue weighted by molar-refractivity contribution is 7.92. The molecule has 0 aliphatic rings. The first-order chi connectivity index (χ1) is 11.5. The van der Waals surface area contributed by atoms with Gasteiger partial charge in [0.25, 0.3) is 10.0 Å². The summed E-state index contributed by atoms with van der Waals surface area (Å²) in [6, 6.07) is 13.8. The number of nitrogens with zero attached hydrogens (tertiary/aromatic N) is 2. The number of rotatable bonds is 5. The molecule has 0 spiro atoms. The summed E-state index contributed by atoms with van der Waals surface area (Å²) < 4.78 is 33.1. The Bertz CT molecular complexity index is 950. The fourth-order valence-corrected chi connectivity index (χ4v) is 3.59. The van der Waals surface area contributed by atoms with Crippen LogP contribution in [0.3, 0.4) is 0 Å². The second-order valence-corrected chi connectivity index (χ2v) is 6.97. The molecule has 2 aromatic carbocycles. The normalized spacial score (nSPS) is 11.4. The molecule has 1 heterocycles. The summed E-state index contributed by atoms with van der Waals surface area (Å²) in [5, 5.41) is 3.89. The minimum atomic E-state index is -3.71. The molecule has 0 atom stereocenters. The molecule has 124 valence electrons. The van der Waals surface area contributed by atoms with E-state index in [1.165, 1.54) is 0 Å². The summed E-state index contributed by atoms with van der Waals surface area (Å²) in [5.74, 6) is 0.889. The van der Waals surface area contributed by atoms with Crippen LogP contribution in [-0.2, 0) is 16.4 Å². The molecule has 0 unspecified atom stereocenters. The molecule has 1 aromatic heterocycles. The number of hydrogen-bond donors (Lipinski definition) is 1. The van der Waals surface area contributed by atoms with Crippen LogP contribution < -0.4 is 4.72 Å². The Morgan fingerprint density at radius 2 is 1.88 bits per heavy atom. The lowest BCUT2D eigenvalue weighted by atomic mass is 10.1. The maximum Gasteiger partial charge on any atom is 0.262 e. The molecule has 0 aliphatic carbocycles. The SMILES string of the molecule is CCc1nc(-c2ccc(C)c(S(=O)(=O)Nc3ccccc3)c2)no1. The van der Waals surface area contributed by atoms with Gasteiger partial charge in [0.15, 0.2) is 0 Å². The van der Waals surface area contributed by atoms with Crippen molar-refractivity contribution in [3.8, 4) is 11.4 Å². The topological polar surface area (TPSA) is 85.1 Å². The first-order valence-corrected chi connectivity index (χ1v) is 8.99. The van der Waals surface area contributed by atoms with Gasteiger partial charge < -0.3 is 4.52 Å². The second kappa shape index (κ2) is 6.45. The number of hydrogen-bond acceptors (Lipinski definition) is 5. The summed E-state index contributed by atoms with van der Waals surface area (Å²) in [6.07, 6.45) is 0.625. The minimum Gasteiger partial charge on any atom is -0.339 e. The van der Waals surface area contributed by atoms with E-state index in [9.17, 15) is 8.42 Å². The van der Waals surface area contributed by atoms with E-state index in [-0.39, 0.29) is 4.90 Å². The average Bonchev–Trinajstić information content (AvgIpc) is 3.05. The third-order valence-corrected chi connectivity index (χ3v) is 5.06. The van der Waals surface area contributed by atoms with Gasteiger partial charge in [-0.05, 0) is 30.7 Å². The number of anilines is 1. The third-order valence-electron chi connectivity index (χ3n) is 3.53. The Kier molecular flexibility index (Phi) is 4.35. The van der Waals surface area contributed by atoms with Crippen LogP contribution in [0.15, 0.2) is 57.9 Å². The predicted molar refractivity (Wildman–Crippen MR) is 91.1 cm³/mol. The first kappa shape index (κ1) is 16.2. The van der Waals surface area contributed by atoms with Crippen molar-refractivity contribution in [1.82, 2.24) is 10.1 Å². The molecule has 0 saturated carbocycles. The van der Waals surface area contributed by atoms with Gasteiger partial charge in [0.1, 0.15) is 0 Å². The Morgan fingerprint density at radius 1 is 1.12 bits per heavy atom. The van der Waals surface area contributed by atoms with Crippen molar-refractivity contribution in [3.05, 3.63) is 60.0 Å². The maximum atomic E-state index is 12.7. The molecule has 24 heavy (non-hydrogen) atoms. The molecular formula is C17H17N3O3S. The van der Waals surface area contributed by atoms with Crippen LogP contribution in [0.25, 0.3) is 11.4 Å². The van der Waals surface area contributed by atoms with E-state index in [0.29, 0.717) is 35.0 Å². The van der Waals surface area contributed by atoms with Crippen molar-refractivity contribution in [1.29, 1.82) is 0 Å². The number of aromatic nitrogens is 2. The first-order valence-electron chi connectivity index (χ1n) is 7.51. The van der Waals surface area contributed by atoms with Crippen LogP contribution in [0.2, 0.25) is 0 Å². The Labute approximate surface area is 140 Å². The monoisotopic (exact) mass is 343 g/mol. The lowest BCUT2D eigenvalue weighted by Gasteiger charge is -2.11. The van der Waals surface area contributed by atoms with Gasteiger partial charge in [0, 0.05) is 17.7 Å². The molecule has 0 amide bonds. The van der Waals surface area contributed by atoms with Crippen molar-refractivity contribution in [2.75, 3.05) is 4.72 Å². The zero-order chi connectivity index (χ0) is 17.2. The Morgan fingerprint density at radius 3 is 2.54 bits per heavy atom. The van der Waals surface area contributed by atoms with Gasteiger partial charge in [-0.15, -0.1) is 0 Å². The molecule has 0 radical (unpaired) electrons. The van der Waals surface area contributed by atoms with Gasteiger partial charge in [-0.25, -0.2) is 8.42 Å². The lowest BCUT2D eigenvalue weighted by molar-refractivity contribution is 0.383. The van der Waals surface area contributed by atoms with Crippen LogP contribution in [0.4, 0.5) is 5.69 Å². The highest BCUT2D eigenvalue weighted by Crippen LogP contribution is 2.25. The molecule has 1 N–H and O–H groups in total. The number of aryl methyl sites for hydroxylation is 2. The van der Waals surface area contributed by atoms with Gasteiger partial charge in [-0.3, -0.25) is 4.72 Å². The van der Waals surface area contributed by atoms with Crippen LogP contribution in [0.1, 0.15) is 18.4 Å². The number of nitrogens with one attached hydrogen (secondary N) is 1. The van der Waals surface area contributed by atoms with Gasteiger partial charge in [0.2, 0.25) is 11.7 Å². The van der Waals surface area contributed by atoms with Crippen molar-refractivity contribution >= 4 is 15.7 Å². The zero-order valence-corrected chi connectivity index (χ0v) is 14.2. The van der Waals surface area contributed by atoms with Gasteiger partial charge in [-0.1, -0.05) is 42.4 Å². The van der Waals surface area contributed by atoms with E-state index in [1.807, 2.05) is 13.0 Å². The van der Waals surface area contributed by atoms with Crippen molar-refractivity contribution in [2.24, 2.45) is 0 Å². The number of para-hydroxylation sites is 1. The van der Waals surface area contributed by atoms with Crippen LogP contribution in [-0.4, -0.2) is 18.6 Å². The molecule has 3 aromatic rings. The van der Waals surface area contributed by atoms with Crippen molar-refractivity contribution in [2.45, 2.75) is 25.2 Å². The molecule has 0 bridgehead atoms. The molecule has 0 aliphatic heterocycles. The molecule has 0 fully saturated rings. The summed E-state index contributed by atoms with van der Waals surface area (Å²) in [7, 11) is -3.71. The van der Waals surface area contributed by atoms with Gasteiger partial charge in [-0.2, -0.15) is 4.98 Å². The van der Waals surface area contributed by atoms with E-state index in [2.05, 4.69) is 14.9 Å². The second-order valence-electron chi connectivity index (χ2n) is 5.32. The molecular weight excluding hydrogens is 326 g/mol. The van der Waals surface area contributed by atoms with E-state index in [4.69, 9.17) is 4.52 Å². The minimum absolute atomic E-state index is 0.187. The highest BCUT2D eigenvalue weighted by Gasteiger charge is 2.19. The summed E-state index contributed by atoms with van der Waals surface area (Å²) in [4.78, 5) is 4.43. The summed E-state index contributed by atoms with van der Waals surface area (Å²) in [5.41, 5.74) is 1.74. The quantitative estimate of drug-likeness (QED) is 0.767. The van der Waals surface area contributed by atoms with Crippen LogP contribution in [0.5, 0.6) is 0 Å². The summed E-state index contributed by atoms with van der Waals surface area (Å²) >= 11 is 0. The fraction of sp³-hybridized carbons (Fsp3) is 0.176. The van der Waals surface area contributed by atoms with Crippen molar-refractivity contribution < 1.29 is 12.9 Å². The Balaban J connectivity index is 1.99. The average molecular weight is 343 g/mol. The van der Waals surface area contributed by atoms with Crippen LogP contribution in [0, 0.1) is 6.92 Å². The smallest absolute Gasteiger partial charge is 0.262 e. The summed E-state index contributed by atoms with van der Waals surface area (Å²) in [6.45, 7) is 3.66. The molecule has 3 rings (SSSR count). The highest BCUT2D eigenvalue weighted by atomic mass is 32.2. The molecule has 0 saturated heterocycles. The predicted octanol–water partition coefficient (Wildman–Crippen LogP) is 3.41. The number of sulfonamides is 1. The fourth-order valence-electron chi connectivity index (χ4n) is 2.26. The largest absolute Gasteiger partial charge is 0.339 e. The third kappa shape index (κ3) is 3.30. The molecule has 7 heteroatoms. The lowest BCUT2D eigenvalue weighted by Crippen LogP contribution is -2.14. The zero-order valence-electron chi connectivity index (χ0n) is 13.4. The standard InChI is InChI=1S/C17H17N3O3S/c1-3-16-18-17(19-23-16)13-10-9-12(2)15(11-13)24(21,22)20-14-7-5-4-6-8-14/h4-11,20H,3H2,1-2H3. The number of benzene rings is 2. The molecule has 6 nitrogen and oxygen atoms in total. The van der Waals surface area contributed by atoms with Gasteiger partial charge in [0.05, 0.1) is 4.90 Å². The van der Waals surface area contributed by atoms with Gasteiger partial charge >= 0.3 is 0 Å². The van der Waals surface area contributed by atoms with E-state index < -0.39 is 10.0 Å². The van der Waals surface area contributed by atoms with Crippen LogP contribution >= 0.6 is 0 Å².